The summed E-state index contributed by atoms with van der Waals surface area (Å²) in [5, 5.41) is 3.54. The van der Waals surface area contributed by atoms with Crippen LogP contribution in [0.5, 0.6) is 0 Å². The minimum atomic E-state index is -2.73. The van der Waals surface area contributed by atoms with Crippen LogP contribution < -0.4 is 11.1 Å². The summed E-state index contributed by atoms with van der Waals surface area (Å²) in [5.41, 5.74) is 10.2. The zero-order chi connectivity index (χ0) is 31.6. The number of hydrogen-bond acceptors (Lipinski definition) is 6. The van der Waals surface area contributed by atoms with E-state index < -0.39 is 11.9 Å². The number of rotatable bonds is 7. The van der Waals surface area contributed by atoms with E-state index in [-0.39, 0.29) is 44.3 Å². The number of carbonyl (C=O) groups excluding carboxylic acids is 2. The number of benzene rings is 2. The molecule has 228 valence electrons. The van der Waals surface area contributed by atoms with E-state index in [0.29, 0.717) is 33.9 Å². The number of alkyl halides is 2. The standard InChI is InChI=1S/C34H28F3N5O3/c35-29-8-7-24(19-39-29)28-17-25(22-3-5-23(6-4-22)33(44)42-13-11-34(36,37)12-14-42)15-26-16-27(45-32(26)28)20-41-31(43)10-2-21-1-9-30(38)40-18-21/h1-10,15-19H,11-14,20H2,(H2,38,40)(H,41,43)/b10-2+. The number of nitrogens with two attached hydrogens (primary N) is 1. The molecule has 1 aliphatic heterocycles. The second-order valence-corrected chi connectivity index (χ2v) is 10.8. The van der Waals surface area contributed by atoms with E-state index in [1.165, 1.54) is 23.2 Å². The van der Waals surface area contributed by atoms with Crippen molar-refractivity contribution in [1.82, 2.24) is 20.2 Å². The molecule has 0 bridgehead atoms. The minimum absolute atomic E-state index is 0.0128. The third-order valence-corrected chi connectivity index (χ3v) is 7.63. The van der Waals surface area contributed by atoms with Crippen molar-refractivity contribution in [2.45, 2.75) is 25.3 Å². The molecule has 1 saturated heterocycles. The lowest BCUT2D eigenvalue weighted by molar-refractivity contribution is -0.116. The Morgan fingerprint density at radius 2 is 1.69 bits per heavy atom. The van der Waals surface area contributed by atoms with Crippen molar-refractivity contribution in [3.8, 4) is 22.3 Å². The minimum Gasteiger partial charge on any atom is -0.459 e. The monoisotopic (exact) mass is 611 g/mol. The SMILES string of the molecule is Nc1ccc(/C=C/C(=O)NCc2cc3cc(-c4ccc(C(=O)N5CCC(F)(F)CC5)cc4)cc(-c4ccc(F)nc4)c3o2)cn1. The maximum Gasteiger partial charge on any atom is 0.253 e. The van der Waals surface area contributed by atoms with Gasteiger partial charge in [0, 0.05) is 66.5 Å². The van der Waals surface area contributed by atoms with Crippen LogP contribution in [0.25, 0.3) is 39.3 Å². The Morgan fingerprint density at radius 3 is 2.38 bits per heavy atom. The molecule has 0 saturated carbocycles. The first kappa shape index (κ1) is 29.6. The summed E-state index contributed by atoms with van der Waals surface area (Å²) in [7, 11) is 0. The first-order chi connectivity index (χ1) is 21.6. The second kappa shape index (κ2) is 12.3. The number of nitrogen functional groups attached to an aromatic ring is 1. The van der Waals surface area contributed by atoms with Gasteiger partial charge in [0.15, 0.2) is 0 Å². The molecular weight excluding hydrogens is 583 g/mol. The van der Waals surface area contributed by atoms with E-state index in [1.54, 1.807) is 54.7 Å². The van der Waals surface area contributed by atoms with Crippen molar-refractivity contribution in [3.05, 3.63) is 108 Å². The van der Waals surface area contributed by atoms with Crippen LogP contribution in [-0.2, 0) is 11.3 Å². The van der Waals surface area contributed by atoms with Gasteiger partial charge in [-0.2, -0.15) is 4.39 Å². The number of likely N-dealkylation sites (tertiary alicyclic amines) is 1. The van der Waals surface area contributed by atoms with Crippen LogP contribution in [0, 0.1) is 5.95 Å². The number of fused-ring (bicyclic) bond motifs is 1. The number of carbonyl (C=O) groups is 2. The van der Waals surface area contributed by atoms with E-state index in [9.17, 15) is 22.8 Å². The molecule has 1 fully saturated rings. The molecule has 5 aromatic rings. The van der Waals surface area contributed by atoms with Gasteiger partial charge in [-0.05, 0) is 77.4 Å². The second-order valence-electron chi connectivity index (χ2n) is 10.8. The molecule has 11 heteroatoms. The highest BCUT2D eigenvalue weighted by Crippen LogP contribution is 2.36. The van der Waals surface area contributed by atoms with Gasteiger partial charge in [-0.25, -0.2) is 18.7 Å². The van der Waals surface area contributed by atoms with E-state index in [2.05, 4.69) is 15.3 Å². The quantitative estimate of drug-likeness (QED) is 0.161. The van der Waals surface area contributed by atoms with Crippen LogP contribution in [0.3, 0.4) is 0 Å². The molecule has 3 aromatic heterocycles. The summed E-state index contributed by atoms with van der Waals surface area (Å²) in [6.45, 7) is 0.144. The van der Waals surface area contributed by atoms with Gasteiger partial charge < -0.3 is 20.4 Å². The summed E-state index contributed by atoms with van der Waals surface area (Å²) >= 11 is 0. The molecule has 8 nitrogen and oxygen atoms in total. The van der Waals surface area contributed by atoms with Gasteiger partial charge in [0.25, 0.3) is 11.8 Å². The summed E-state index contributed by atoms with van der Waals surface area (Å²) in [6, 6.07) is 18.8. The molecule has 2 amide bonds. The zero-order valence-corrected chi connectivity index (χ0v) is 24.0. The van der Waals surface area contributed by atoms with Gasteiger partial charge >= 0.3 is 0 Å². The van der Waals surface area contributed by atoms with Crippen molar-refractivity contribution in [3.63, 3.8) is 0 Å². The lowest BCUT2D eigenvalue weighted by atomic mass is 9.96. The molecule has 1 aliphatic rings. The van der Waals surface area contributed by atoms with Gasteiger partial charge in [-0.1, -0.05) is 12.1 Å². The fourth-order valence-electron chi connectivity index (χ4n) is 5.15. The number of pyridine rings is 2. The number of halogens is 3. The highest BCUT2D eigenvalue weighted by molar-refractivity contribution is 5.98. The largest absolute Gasteiger partial charge is 0.459 e. The highest BCUT2D eigenvalue weighted by atomic mass is 19.3. The zero-order valence-electron chi connectivity index (χ0n) is 24.0. The van der Waals surface area contributed by atoms with Crippen LogP contribution in [-0.4, -0.2) is 45.7 Å². The lowest BCUT2D eigenvalue weighted by Crippen LogP contribution is -2.42. The van der Waals surface area contributed by atoms with Crippen LogP contribution in [0.2, 0.25) is 0 Å². The molecule has 0 unspecified atom stereocenters. The summed E-state index contributed by atoms with van der Waals surface area (Å²) in [4.78, 5) is 34.6. The van der Waals surface area contributed by atoms with Gasteiger partial charge in [-0.15, -0.1) is 0 Å². The van der Waals surface area contributed by atoms with Crippen molar-refractivity contribution < 1.29 is 27.2 Å². The summed E-state index contributed by atoms with van der Waals surface area (Å²) < 4.78 is 46.9. The van der Waals surface area contributed by atoms with E-state index in [0.717, 1.165) is 22.1 Å². The number of amides is 2. The number of hydrogen-bond donors (Lipinski definition) is 2. The van der Waals surface area contributed by atoms with Crippen molar-refractivity contribution in [2.24, 2.45) is 0 Å². The van der Waals surface area contributed by atoms with E-state index in [1.807, 2.05) is 18.2 Å². The van der Waals surface area contributed by atoms with Gasteiger partial charge in [0.1, 0.15) is 17.2 Å². The average Bonchev–Trinajstić information content (AvgIpc) is 3.46. The molecular formula is C34H28F3N5O3. The van der Waals surface area contributed by atoms with Crippen molar-refractivity contribution in [2.75, 3.05) is 18.8 Å². The summed E-state index contributed by atoms with van der Waals surface area (Å²) in [5.74, 6) is -3.08. The van der Waals surface area contributed by atoms with Crippen molar-refractivity contribution >= 4 is 34.7 Å². The van der Waals surface area contributed by atoms with Crippen LogP contribution in [0.4, 0.5) is 19.0 Å². The van der Waals surface area contributed by atoms with Gasteiger partial charge in [0.05, 0.1) is 6.54 Å². The normalized spacial score (nSPS) is 14.6. The number of nitrogens with one attached hydrogen (secondary N) is 1. The number of aromatic nitrogens is 2. The number of nitrogens with zero attached hydrogens (tertiary/aromatic N) is 3. The number of anilines is 1. The third kappa shape index (κ3) is 6.87. The number of piperidine rings is 1. The van der Waals surface area contributed by atoms with Gasteiger partial charge in [0.2, 0.25) is 11.9 Å². The fourth-order valence-corrected chi connectivity index (χ4v) is 5.15. The first-order valence-corrected chi connectivity index (χ1v) is 14.3. The average molecular weight is 612 g/mol. The number of furan rings is 1. The molecule has 0 radical (unpaired) electrons. The molecule has 0 atom stereocenters. The summed E-state index contributed by atoms with van der Waals surface area (Å²) in [6.07, 6.45) is 5.30. The lowest BCUT2D eigenvalue weighted by Gasteiger charge is -2.31. The molecule has 6 rings (SSSR count). The first-order valence-electron chi connectivity index (χ1n) is 14.3. The third-order valence-electron chi connectivity index (χ3n) is 7.63. The maximum atomic E-state index is 13.6. The van der Waals surface area contributed by atoms with Gasteiger partial charge in [-0.3, -0.25) is 9.59 Å². The topological polar surface area (TPSA) is 114 Å². The molecule has 3 N–H and O–H groups in total. The molecule has 2 aromatic carbocycles. The van der Waals surface area contributed by atoms with E-state index >= 15 is 0 Å². The van der Waals surface area contributed by atoms with Crippen LogP contribution in [0.1, 0.15) is 34.5 Å². The van der Waals surface area contributed by atoms with Crippen molar-refractivity contribution in [1.29, 1.82) is 0 Å². The maximum absolute atomic E-state index is 13.6. The van der Waals surface area contributed by atoms with Crippen LogP contribution in [0.15, 0.2) is 89.6 Å². The Bertz CT molecular complexity index is 1880. The Hall–Kier alpha value is -5.45. The smallest absolute Gasteiger partial charge is 0.253 e. The predicted octanol–water partition coefficient (Wildman–Crippen LogP) is 6.48. The predicted molar refractivity (Wildman–Crippen MR) is 164 cm³/mol. The Labute approximate surface area is 256 Å². The molecule has 0 spiro atoms. The fraction of sp³-hybridized carbons (Fsp3) is 0.176. The highest BCUT2D eigenvalue weighted by Gasteiger charge is 2.35. The molecule has 4 heterocycles. The van der Waals surface area contributed by atoms with E-state index in [4.69, 9.17) is 10.2 Å². The Morgan fingerprint density at radius 1 is 0.933 bits per heavy atom. The Kier molecular flexibility index (Phi) is 8.08. The Balaban J connectivity index is 1.24. The molecule has 0 aliphatic carbocycles. The van der Waals surface area contributed by atoms with Crippen LogP contribution >= 0.6 is 0 Å². The molecule has 45 heavy (non-hydrogen) atoms.